The second-order valence-electron chi connectivity index (χ2n) is 7.01. The summed E-state index contributed by atoms with van der Waals surface area (Å²) in [5.41, 5.74) is 2.36. The molecule has 0 spiro atoms. The molecule has 0 aliphatic carbocycles. The number of benzene rings is 2. The zero-order valence-electron chi connectivity index (χ0n) is 13.6. The first-order valence-electron chi connectivity index (χ1n) is 7.88. The van der Waals surface area contributed by atoms with Crippen molar-refractivity contribution in [2.24, 2.45) is 5.41 Å². The SMILES string of the molecule is CC1(CS(C)(=O)=O)CN(C(c2ccccc2)c2ccccc2)C1. The van der Waals surface area contributed by atoms with Gasteiger partial charge in [-0.15, -0.1) is 0 Å². The van der Waals surface area contributed by atoms with E-state index in [2.05, 4.69) is 60.4 Å². The summed E-state index contributed by atoms with van der Waals surface area (Å²) in [7, 11) is -2.95. The molecule has 0 atom stereocenters. The lowest BCUT2D eigenvalue weighted by Crippen LogP contribution is -2.58. The molecule has 0 aromatic heterocycles. The molecular formula is C19H23NO2S. The molecule has 0 bridgehead atoms. The monoisotopic (exact) mass is 329 g/mol. The lowest BCUT2D eigenvalue weighted by Gasteiger charge is -2.51. The van der Waals surface area contributed by atoms with Crippen molar-refractivity contribution in [3.8, 4) is 0 Å². The summed E-state index contributed by atoms with van der Waals surface area (Å²) in [6.07, 6.45) is 1.33. The minimum absolute atomic E-state index is 0.143. The van der Waals surface area contributed by atoms with Gasteiger partial charge in [-0.05, 0) is 11.1 Å². The fourth-order valence-electron chi connectivity index (χ4n) is 3.73. The van der Waals surface area contributed by atoms with E-state index < -0.39 is 9.84 Å². The van der Waals surface area contributed by atoms with Crippen LogP contribution in [0.4, 0.5) is 0 Å². The van der Waals surface area contributed by atoms with Gasteiger partial charge < -0.3 is 0 Å². The van der Waals surface area contributed by atoms with E-state index in [0.717, 1.165) is 13.1 Å². The van der Waals surface area contributed by atoms with Crippen molar-refractivity contribution in [3.63, 3.8) is 0 Å². The Morgan fingerprint density at radius 3 is 1.78 bits per heavy atom. The van der Waals surface area contributed by atoms with E-state index in [9.17, 15) is 8.42 Å². The zero-order valence-corrected chi connectivity index (χ0v) is 14.5. The van der Waals surface area contributed by atoms with Crippen LogP contribution in [0.25, 0.3) is 0 Å². The normalized spacial score (nSPS) is 17.9. The lowest BCUT2D eigenvalue weighted by molar-refractivity contribution is 0.00841. The highest BCUT2D eigenvalue weighted by atomic mass is 32.2. The zero-order chi connectivity index (χ0) is 16.5. The first-order chi connectivity index (χ1) is 10.9. The maximum atomic E-state index is 11.6. The van der Waals surface area contributed by atoms with Gasteiger partial charge in [-0.3, -0.25) is 4.90 Å². The molecule has 4 heteroatoms. The predicted molar refractivity (Wildman–Crippen MR) is 94.1 cm³/mol. The van der Waals surface area contributed by atoms with Crippen LogP contribution in [-0.2, 0) is 9.84 Å². The molecule has 2 aromatic carbocycles. The maximum absolute atomic E-state index is 11.6. The standard InChI is InChI=1S/C19H23NO2S/c1-19(15-23(2,21)22)13-20(14-19)18(16-9-5-3-6-10-16)17-11-7-4-8-12-17/h3-12,18H,13-15H2,1-2H3. The number of sulfone groups is 1. The number of hydrogen-bond acceptors (Lipinski definition) is 3. The molecule has 122 valence electrons. The summed E-state index contributed by atoms with van der Waals surface area (Å²) in [5.74, 6) is 0.257. The Morgan fingerprint density at radius 2 is 1.39 bits per heavy atom. The van der Waals surface area contributed by atoms with E-state index in [4.69, 9.17) is 0 Å². The topological polar surface area (TPSA) is 37.4 Å². The molecule has 0 saturated carbocycles. The molecule has 0 unspecified atom stereocenters. The molecule has 0 amide bonds. The summed E-state index contributed by atoms with van der Waals surface area (Å²) >= 11 is 0. The minimum atomic E-state index is -2.95. The largest absolute Gasteiger partial charge is 0.291 e. The molecule has 1 aliphatic heterocycles. The summed E-state index contributed by atoms with van der Waals surface area (Å²) in [4.78, 5) is 2.37. The smallest absolute Gasteiger partial charge is 0.148 e. The van der Waals surface area contributed by atoms with Crippen molar-refractivity contribution < 1.29 is 8.42 Å². The summed E-state index contributed by atoms with van der Waals surface area (Å²) in [6.45, 7) is 3.67. The lowest BCUT2D eigenvalue weighted by atomic mass is 9.80. The Balaban J connectivity index is 1.85. The quantitative estimate of drug-likeness (QED) is 0.846. The molecule has 23 heavy (non-hydrogen) atoms. The van der Waals surface area contributed by atoms with E-state index in [1.54, 1.807) is 0 Å². The van der Waals surface area contributed by atoms with Crippen molar-refractivity contribution in [1.82, 2.24) is 4.90 Å². The minimum Gasteiger partial charge on any atom is -0.291 e. The van der Waals surface area contributed by atoms with Crippen LogP contribution in [0.3, 0.4) is 0 Å². The van der Waals surface area contributed by atoms with Crippen LogP contribution in [0.2, 0.25) is 0 Å². The average molecular weight is 329 g/mol. The Morgan fingerprint density at radius 1 is 0.957 bits per heavy atom. The van der Waals surface area contributed by atoms with Crippen LogP contribution in [0.15, 0.2) is 60.7 Å². The Bertz CT molecular complexity index is 711. The van der Waals surface area contributed by atoms with Crippen molar-refractivity contribution in [3.05, 3.63) is 71.8 Å². The van der Waals surface area contributed by atoms with Gasteiger partial charge in [0.2, 0.25) is 0 Å². The van der Waals surface area contributed by atoms with Crippen LogP contribution in [-0.4, -0.2) is 38.4 Å². The third kappa shape index (κ3) is 3.82. The first kappa shape index (κ1) is 16.2. The number of hydrogen-bond donors (Lipinski definition) is 0. The molecule has 0 N–H and O–H groups in total. The van der Waals surface area contributed by atoms with Gasteiger partial charge in [-0.2, -0.15) is 0 Å². The molecule has 1 heterocycles. The fraction of sp³-hybridized carbons (Fsp3) is 0.368. The van der Waals surface area contributed by atoms with Gasteiger partial charge in [0.25, 0.3) is 0 Å². The highest BCUT2D eigenvalue weighted by Crippen LogP contribution is 2.40. The Kier molecular flexibility index (Phi) is 4.30. The summed E-state index contributed by atoms with van der Waals surface area (Å²) < 4.78 is 23.3. The van der Waals surface area contributed by atoms with Crippen LogP contribution >= 0.6 is 0 Å². The van der Waals surface area contributed by atoms with Gasteiger partial charge in [-0.1, -0.05) is 67.6 Å². The number of nitrogens with zero attached hydrogens (tertiary/aromatic N) is 1. The average Bonchev–Trinajstić information content (AvgIpc) is 2.46. The highest BCUT2D eigenvalue weighted by Gasteiger charge is 2.44. The van der Waals surface area contributed by atoms with Crippen molar-refractivity contribution in [1.29, 1.82) is 0 Å². The number of likely N-dealkylation sites (tertiary alicyclic amines) is 1. The highest BCUT2D eigenvalue weighted by molar-refractivity contribution is 7.90. The first-order valence-corrected chi connectivity index (χ1v) is 9.94. The van der Waals surface area contributed by atoms with E-state index >= 15 is 0 Å². The molecule has 1 aliphatic rings. The van der Waals surface area contributed by atoms with Gasteiger partial charge >= 0.3 is 0 Å². The van der Waals surface area contributed by atoms with Gasteiger partial charge in [-0.25, -0.2) is 8.42 Å². The van der Waals surface area contributed by atoms with Gasteiger partial charge in [0.1, 0.15) is 9.84 Å². The third-order valence-corrected chi connectivity index (χ3v) is 5.60. The molecule has 1 fully saturated rings. The molecule has 3 rings (SSSR count). The van der Waals surface area contributed by atoms with E-state index in [1.807, 2.05) is 12.1 Å². The molecule has 3 nitrogen and oxygen atoms in total. The van der Waals surface area contributed by atoms with Crippen LogP contribution < -0.4 is 0 Å². The third-order valence-electron chi connectivity index (χ3n) is 4.38. The van der Waals surface area contributed by atoms with E-state index in [0.29, 0.717) is 0 Å². The van der Waals surface area contributed by atoms with Crippen molar-refractivity contribution >= 4 is 9.84 Å². The van der Waals surface area contributed by atoms with Gasteiger partial charge in [0, 0.05) is 24.8 Å². The van der Waals surface area contributed by atoms with Crippen LogP contribution in [0.5, 0.6) is 0 Å². The molecule has 1 saturated heterocycles. The van der Waals surface area contributed by atoms with Gasteiger partial charge in [0.05, 0.1) is 11.8 Å². The molecule has 0 radical (unpaired) electrons. The molecular weight excluding hydrogens is 306 g/mol. The van der Waals surface area contributed by atoms with Gasteiger partial charge in [0.15, 0.2) is 0 Å². The Labute approximate surface area is 138 Å². The second-order valence-corrected chi connectivity index (χ2v) is 9.15. The second kappa shape index (κ2) is 6.10. The predicted octanol–water partition coefficient (Wildman–Crippen LogP) is 3.14. The van der Waals surface area contributed by atoms with Crippen molar-refractivity contribution in [2.45, 2.75) is 13.0 Å². The summed E-state index contributed by atoms with van der Waals surface area (Å²) in [5, 5.41) is 0. The molecule has 2 aromatic rings. The van der Waals surface area contributed by atoms with E-state index in [1.165, 1.54) is 17.4 Å². The maximum Gasteiger partial charge on any atom is 0.148 e. The Hall–Kier alpha value is -1.65. The summed E-state index contributed by atoms with van der Waals surface area (Å²) in [6, 6.07) is 21.0. The fourth-order valence-corrected chi connectivity index (χ4v) is 5.17. The van der Waals surface area contributed by atoms with Crippen molar-refractivity contribution in [2.75, 3.05) is 25.1 Å². The van der Waals surface area contributed by atoms with E-state index in [-0.39, 0.29) is 17.2 Å². The van der Waals surface area contributed by atoms with Crippen LogP contribution in [0, 0.1) is 5.41 Å². The van der Waals surface area contributed by atoms with Crippen LogP contribution in [0.1, 0.15) is 24.1 Å². The number of rotatable bonds is 5.